The maximum Gasteiger partial charge on any atom is 0.253 e. The van der Waals surface area contributed by atoms with E-state index in [-0.39, 0.29) is 5.56 Å². The van der Waals surface area contributed by atoms with Crippen LogP contribution in [0.25, 0.3) is 10.9 Å². The molecule has 0 atom stereocenters. The Kier molecular flexibility index (Phi) is 7.44. The number of nitrogens with zero attached hydrogens (tertiary/aromatic N) is 1. The second-order valence-corrected chi connectivity index (χ2v) is 8.16. The molecule has 3 aromatic carbocycles. The van der Waals surface area contributed by atoms with Crippen molar-refractivity contribution in [1.29, 1.82) is 0 Å². The van der Waals surface area contributed by atoms with E-state index in [1.54, 1.807) is 7.11 Å². The molecule has 34 heavy (non-hydrogen) atoms. The Morgan fingerprint density at radius 3 is 2.53 bits per heavy atom. The lowest BCUT2D eigenvalue weighted by Gasteiger charge is -2.26. The first-order chi connectivity index (χ1) is 16.6. The van der Waals surface area contributed by atoms with Crippen LogP contribution in [0.3, 0.4) is 0 Å². The van der Waals surface area contributed by atoms with Crippen molar-refractivity contribution in [2.45, 2.75) is 20.0 Å². The summed E-state index contributed by atoms with van der Waals surface area (Å²) in [5.74, 6) is 1.46. The summed E-state index contributed by atoms with van der Waals surface area (Å²) >= 11 is 5.78. The molecule has 4 rings (SSSR count). The summed E-state index contributed by atoms with van der Waals surface area (Å²) in [5.41, 5.74) is 3.09. The molecule has 0 aliphatic heterocycles. The largest absolute Gasteiger partial charge is 0.495 e. The van der Waals surface area contributed by atoms with Gasteiger partial charge in [-0.1, -0.05) is 42.5 Å². The van der Waals surface area contributed by atoms with E-state index in [0.29, 0.717) is 36.1 Å². The Morgan fingerprint density at radius 2 is 1.76 bits per heavy atom. The van der Waals surface area contributed by atoms with E-state index in [1.807, 2.05) is 90.7 Å². The van der Waals surface area contributed by atoms with Crippen molar-refractivity contribution in [1.82, 2.24) is 9.88 Å². The number of hydrogen-bond acceptors (Lipinski definition) is 4. The number of fused-ring (bicyclic) bond motifs is 1. The van der Waals surface area contributed by atoms with E-state index in [9.17, 15) is 4.79 Å². The number of ether oxygens (including phenoxy) is 2. The van der Waals surface area contributed by atoms with E-state index in [1.165, 1.54) is 0 Å². The van der Waals surface area contributed by atoms with Gasteiger partial charge in [-0.3, -0.25) is 4.79 Å². The summed E-state index contributed by atoms with van der Waals surface area (Å²) in [4.78, 5) is 17.9. The minimum absolute atomic E-state index is 0.144. The summed E-state index contributed by atoms with van der Waals surface area (Å²) in [6, 6.07) is 25.2. The molecule has 0 saturated carbocycles. The molecule has 174 valence electrons. The molecule has 1 heterocycles. The zero-order valence-corrected chi connectivity index (χ0v) is 20.0. The lowest BCUT2D eigenvalue weighted by Crippen LogP contribution is -2.35. The van der Waals surface area contributed by atoms with Gasteiger partial charge in [0, 0.05) is 23.0 Å². The van der Waals surface area contributed by atoms with Crippen LogP contribution in [0.15, 0.2) is 83.7 Å². The van der Waals surface area contributed by atoms with Gasteiger partial charge in [-0.25, -0.2) is 0 Å². The first-order valence-electron chi connectivity index (χ1n) is 11.1. The van der Waals surface area contributed by atoms with Crippen LogP contribution >= 0.6 is 12.2 Å². The van der Waals surface area contributed by atoms with Crippen molar-refractivity contribution in [3.63, 3.8) is 0 Å². The molecular formula is C27H27N3O3S. The van der Waals surface area contributed by atoms with Crippen LogP contribution in [-0.2, 0) is 13.1 Å². The van der Waals surface area contributed by atoms with Gasteiger partial charge < -0.3 is 24.7 Å². The van der Waals surface area contributed by atoms with Crippen LogP contribution in [0.4, 0.5) is 5.69 Å². The average molecular weight is 474 g/mol. The van der Waals surface area contributed by atoms with Crippen molar-refractivity contribution >= 4 is 33.9 Å². The van der Waals surface area contributed by atoms with Gasteiger partial charge in [-0.05, 0) is 61.1 Å². The van der Waals surface area contributed by atoms with Gasteiger partial charge >= 0.3 is 0 Å². The molecule has 0 amide bonds. The SMILES string of the molecule is CCOc1ccc2[nH]c(=O)c(CN(Cc3ccccc3)C(=S)Nc3ccccc3OC)cc2c1. The van der Waals surface area contributed by atoms with Gasteiger partial charge in [0.15, 0.2) is 5.11 Å². The Bertz CT molecular complexity index is 1340. The molecule has 0 spiro atoms. The summed E-state index contributed by atoms with van der Waals surface area (Å²) in [6.07, 6.45) is 0. The summed E-state index contributed by atoms with van der Waals surface area (Å²) in [7, 11) is 1.62. The number of anilines is 1. The lowest BCUT2D eigenvalue weighted by atomic mass is 10.1. The monoisotopic (exact) mass is 473 g/mol. The molecule has 1 aromatic heterocycles. The Balaban J connectivity index is 1.66. The number of H-pyrrole nitrogens is 1. The maximum atomic E-state index is 12.9. The van der Waals surface area contributed by atoms with Crippen LogP contribution in [0.2, 0.25) is 0 Å². The third kappa shape index (κ3) is 5.55. The van der Waals surface area contributed by atoms with Crippen LogP contribution < -0.4 is 20.3 Å². The molecule has 0 unspecified atom stereocenters. The van der Waals surface area contributed by atoms with Gasteiger partial charge in [0.2, 0.25) is 0 Å². The lowest BCUT2D eigenvalue weighted by molar-refractivity contribution is 0.340. The molecule has 0 bridgehead atoms. The summed E-state index contributed by atoms with van der Waals surface area (Å²) in [5, 5.41) is 4.69. The number of hydrogen-bond donors (Lipinski definition) is 2. The molecular weight excluding hydrogens is 446 g/mol. The molecule has 0 fully saturated rings. The first-order valence-corrected chi connectivity index (χ1v) is 11.5. The predicted octanol–water partition coefficient (Wildman–Crippen LogP) is 5.33. The van der Waals surface area contributed by atoms with Crippen LogP contribution in [0, 0.1) is 0 Å². The van der Waals surface area contributed by atoms with E-state index in [4.69, 9.17) is 21.7 Å². The fourth-order valence-corrected chi connectivity index (χ4v) is 3.99. The highest BCUT2D eigenvalue weighted by molar-refractivity contribution is 7.80. The first kappa shape index (κ1) is 23.3. The van der Waals surface area contributed by atoms with Crippen molar-refractivity contribution in [2.75, 3.05) is 19.0 Å². The summed E-state index contributed by atoms with van der Waals surface area (Å²) < 4.78 is 11.1. The molecule has 6 nitrogen and oxygen atoms in total. The highest BCUT2D eigenvalue weighted by Gasteiger charge is 2.16. The second kappa shape index (κ2) is 10.9. The number of aromatic amines is 1. The molecule has 2 N–H and O–H groups in total. The molecule has 4 aromatic rings. The van der Waals surface area contributed by atoms with Crippen LogP contribution in [0.1, 0.15) is 18.1 Å². The molecule has 0 aliphatic carbocycles. The van der Waals surface area contributed by atoms with Gasteiger partial charge in [0.1, 0.15) is 11.5 Å². The zero-order valence-electron chi connectivity index (χ0n) is 19.2. The van der Waals surface area contributed by atoms with Crippen LogP contribution in [-0.4, -0.2) is 28.7 Å². The number of benzene rings is 3. The predicted molar refractivity (Wildman–Crippen MR) is 141 cm³/mol. The van der Waals surface area contributed by atoms with Crippen LogP contribution in [0.5, 0.6) is 11.5 Å². The van der Waals surface area contributed by atoms with Gasteiger partial charge in [0.05, 0.1) is 25.9 Å². The van der Waals surface area contributed by atoms with E-state index < -0.39 is 0 Å². The molecule has 0 aliphatic rings. The minimum Gasteiger partial charge on any atom is -0.495 e. The number of para-hydroxylation sites is 2. The maximum absolute atomic E-state index is 12.9. The number of thiocarbonyl (C=S) groups is 1. The van der Waals surface area contributed by atoms with Crippen molar-refractivity contribution in [2.24, 2.45) is 0 Å². The smallest absolute Gasteiger partial charge is 0.253 e. The fourth-order valence-electron chi connectivity index (χ4n) is 3.75. The number of rotatable bonds is 8. The normalized spacial score (nSPS) is 10.6. The third-order valence-corrected chi connectivity index (χ3v) is 5.78. The Morgan fingerprint density at radius 1 is 1.00 bits per heavy atom. The van der Waals surface area contributed by atoms with Crippen molar-refractivity contribution in [3.05, 3.63) is 100 Å². The molecule has 7 heteroatoms. The van der Waals surface area contributed by atoms with Crippen molar-refractivity contribution < 1.29 is 9.47 Å². The highest BCUT2D eigenvalue weighted by Crippen LogP contribution is 2.24. The number of aromatic nitrogens is 1. The third-order valence-electron chi connectivity index (χ3n) is 5.42. The van der Waals surface area contributed by atoms with Gasteiger partial charge in [-0.2, -0.15) is 0 Å². The zero-order chi connectivity index (χ0) is 23.9. The minimum atomic E-state index is -0.144. The van der Waals surface area contributed by atoms with Gasteiger partial charge in [-0.15, -0.1) is 0 Å². The standard InChI is InChI=1S/C27H27N3O3S/c1-3-33-22-13-14-23-20(16-22)15-21(26(31)28-23)18-30(17-19-9-5-4-6-10-19)27(34)29-24-11-7-8-12-25(24)32-2/h4-16H,3,17-18H2,1-2H3,(H,28,31)(H,29,34). The average Bonchev–Trinajstić information content (AvgIpc) is 2.85. The number of methoxy groups -OCH3 is 1. The fraction of sp³-hybridized carbons (Fsp3) is 0.185. The second-order valence-electron chi connectivity index (χ2n) is 7.78. The number of nitrogens with one attached hydrogen (secondary N) is 2. The molecule has 0 radical (unpaired) electrons. The Hall–Kier alpha value is -3.84. The quantitative estimate of drug-likeness (QED) is 0.337. The summed E-state index contributed by atoms with van der Waals surface area (Å²) in [6.45, 7) is 3.40. The van der Waals surface area contributed by atoms with E-state index in [2.05, 4.69) is 10.3 Å². The van der Waals surface area contributed by atoms with E-state index in [0.717, 1.165) is 27.9 Å². The molecule has 0 saturated heterocycles. The van der Waals surface area contributed by atoms with Crippen molar-refractivity contribution in [3.8, 4) is 11.5 Å². The van der Waals surface area contributed by atoms with Gasteiger partial charge in [0.25, 0.3) is 5.56 Å². The van der Waals surface area contributed by atoms with E-state index >= 15 is 0 Å². The topological polar surface area (TPSA) is 66.6 Å². The number of pyridine rings is 1. The Labute approximate surface area is 204 Å². The highest BCUT2D eigenvalue weighted by atomic mass is 32.1.